The van der Waals surface area contributed by atoms with E-state index in [1.807, 2.05) is 7.05 Å². The summed E-state index contributed by atoms with van der Waals surface area (Å²) < 4.78 is 25.4. The van der Waals surface area contributed by atoms with E-state index >= 15 is 0 Å². The Balaban J connectivity index is 2.63. The standard InChI is InChI=1S/C9H21N3O2S/c1-9(2,10)8-15(13,14)12-6-4-11(3)5-7-12/h4-8,10H2,1-3H3. The molecular formula is C9H21N3O2S. The summed E-state index contributed by atoms with van der Waals surface area (Å²) in [5.41, 5.74) is 5.07. The maximum atomic E-state index is 11.9. The minimum atomic E-state index is -3.18. The summed E-state index contributed by atoms with van der Waals surface area (Å²) in [6.45, 7) is 6.22. The van der Waals surface area contributed by atoms with Gasteiger partial charge in [0.15, 0.2) is 0 Å². The Morgan fingerprint density at radius 1 is 1.20 bits per heavy atom. The van der Waals surface area contributed by atoms with E-state index in [0.717, 1.165) is 13.1 Å². The van der Waals surface area contributed by atoms with Gasteiger partial charge in [-0.05, 0) is 20.9 Å². The van der Waals surface area contributed by atoms with Gasteiger partial charge in [-0.1, -0.05) is 0 Å². The van der Waals surface area contributed by atoms with Crippen LogP contribution in [0.5, 0.6) is 0 Å². The first-order chi connectivity index (χ1) is 6.71. The molecule has 90 valence electrons. The van der Waals surface area contributed by atoms with Gasteiger partial charge in [0.2, 0.25) is 10.0 Å². The van der Waals surface area contributed by atoms with Crippen LogP contribution in [0.1, 0.15) is 13.8 Å². The first-order valence-corrected chi connectivity index (χ1v) is 6.77. The summed E-state index contributed by atoms with van der Waals surface area (Å²) in [7, 11) is -1.19. The minimum absolute atomic E-state index is 0.0176. The van der Waals surface area contributed by atoms with Crippen molar-refractivity contribution >= 4 is 10.0 Å². The molecule has 0 saturated carbocycles. The van der Waals surface area contributed by atoms with Gasteiger partial charge >= 0.3 is 0 Å². The van der Waals surface area contributed by atoms with Gasteiger partial charge in [-0.25, -0.2) is 8.42 Å². The summed E-state index contributed by atoms with van der Waals surface area (Å²) in [4.78, 5) is 2.12. The summed E-state index contributed by atoms with van der Waals surface area (Å²) in [6.07, 6.45) is 0. The van der Waals surface area contributed by atoms with E-state index in [0.29, 0.717) is 13.1 Å². The van der Waals surface area contributed by atoms with Crippen LogP contribution >= 0.6 is 0 Å². The average Bonchev–Trinajstić information content (AvgIpc) is 2.00. The molecule has 0 unspecified atom stereocenters. The topological polar surface area (TPSA) is 66.6 Å². The molecule has 0 aliphatic carbocycles. The Labute approximate surface area is 92.3 Å². The molecule has 0 amide bonds. The van der Waals surface area contributed by atoms with Gasteiger partial charge < -0.3 is 10.6 Å². The highest BCUT2D eigenvalue weighted by atomic mass is 32.2. The fourth-order valence-corrected chi connectivity index (χ4v) is 3.47. The molecule has 1 aliphatic rings. The fourth-order valence-electron chi connectivity index (χ4n) is 1.63. The van der Waals surface area contributed by atoms with Crippen molar-refractivity contribution in [2.75, 3.05) is 39.0 Å². The van der Waals surface area contributed by atoms with Gasteiger partial charge in [-0.3, -0.25) is 0 Å². The molecule has 0 aromatic heterocycles. The van der Waals surface area contributed by atoms with Crippen LogP contribution in [0.25, 0.3) is 0 Å². The first-order valence-electron chi connectivity index (χ1n) is 5.16. The highest BCUT2D eigenvalue weighted by molar-refractivity contribution is 7.89. The van der Waals surface area contributed by atoms with Crippen molar-refractivity contribution in [1.29, 1.82) is 0 Å². The Morgan fingerprint density at radius 2 is 1.67 bits per heavy atom. The van der Waals surface area contributed by atoms with Crippen LogP contribution in [-0.2, 0) is 10.0 Å². The highest BCUT2D eigenvalue weighted by Gasteiger charge is 2.30. The maximum Gasteiger partial charge on any atom is 0.215 e. The van der Waals surface area contributed by atoms with Crippen LogP contribution in [0, 0.1) is 0 Å². The molecule has 0 bridgehead atoms. The third-order valence-corrected chi connectivity index (χ3v) is 4.67. The molecule has 6 heteroatoms. The zero-order chi connectivity index (χ0) is 11.7. The van der Waals surface area contributed by atoms with Gasteiger partial charge in [0.05, 0.1) is 5.75 Å². The zero-order valence-corrected chi connectivity index (χ0v) is 10.5. The Kier molecular flexibility index (Phi) is 3.76. The molecule has 0 atom stereocenters. The Morgan fingerprint density at radius 3 is 2.07 bits per heavy atom. The fraction of sp³-hybridized carbons (Fsp3) is 1.00. The normalized spacial score (nSPS) is 21.9. The molecule has 0 aromatic rings. The number of piperazine rings is 1. The molecule has 15 heavy (non-hydrogen) atoms. The number of likely N-dealkylation sites (N-methyl/N-ethyl adjacent to an activating group) is 1. The zero-order valence-electron chi connectivity index (χ0n) is 9.73. The van der Waals surface area contributed by atoms with E-state index in [-0.39, 0.29) is 5.75 Å². The first kappa shape index (κ1) is 12.9. The summed E-state index contributed by atoms with van der Waals surface area (Å²) in [6, 6.07) is 0. The number of sulfonamides is 1. The average molecular weight is 235 g/mol. The van der Waals surface area contributed by atoms with Crippen LogP contribution in [0.3, 0.4) is 0 Å². The lowest BCUT2D eigenvalue weighted by Gasteiger charge is -2.33. The molecule has 2 N–H and O–H groups in total. The van der Waals surface area contributed by atoms with Crippen molar-refractivity contribution in [3.05, 3.63) is 0 Å². The predicted octanol–water partition coefficient (Wildman–Crippen LogP) is -0.699. The second kappa shape index (κ2) is 4.37. The molecule has 1 saturated heterocycles. The van der Waals surface area contributed by atoms with Crippen LogP contribution < -0.4 is 5.73 Å². The highest BCUT2D eigenvalue weighted by Crippen LogP contribution is 2.11. The predicted molar refractivity (Wildman–Crippen MR) is 61.1 cm³/mol. The van der Waals surface area contributed by atoms with Crippen molar-refractivity contribution in [3.63, 3.8) is 0 Å². The second-order valence-corrected chi connectivity index (χ2v) is 6.92. The SMILES string of the molecule is CN1CCN(S(=O)(=O)CC(C)(C)N)CC1. The van der Waals surface area contributed by atoms with E-state index < -0.39 is 15.6 Å². The minimum Gasteiger partial charge on any atom is -0.325 e. The lowest BCUT2D eigenvalue weighted by Crippen LogP contribution is -2.51. The molecule has 1 fully saturated rings. The quantitative estimate of drug-likeness (QED) is 0.702. The van der Waals surface area contributed by atoms with Crippen LogP contribution in [-0.4, -0.2) is 62.1 Å². The number of hydrogen-bond donors (Lipinski definition) is 1. The molecule has 0 aromatic carbocycles. The van der Waals surface area contributed by atoms with Crippen molar-refractivity contribution in [3.8, 4) is 0 Å². The number of nitrogens with two attached hydrogens (primary N) is 1. The van der Waals surface area contributed by atoms with Crippen molar-refractivity contribution in [2.24, 2.45) is 5.73 Å². The molecule has 0 spiro atoms. The van der Waals surface area contributed by atoms with Gasteiger partial charge in [0.1, 0.15) is 0 Å². The third-order valence-electron chi connectivity index (χ3n) is 2.41. The van der Waals surface area contributed by atoms with Crippen molar-refractivity contribution in [1.82, 2.24) is 9.21 Å². The molecule has 1 aliphatic heterocycles. The van der Waals surface area contributed by atoms with Crippen molar-refractivity contribution in [2.45, 2.75) is 19.4 Å². The molecule has 0 radical (unpaired) electrons. The van der Waals surface area contributed by atoms with Crippen LogP contribution in [0.2, 0.25) is 0 Å². The van der Waals surface area contributed by atoms with Crippen LogP contribution in [0.15, 0.2) is 0 Å². The summed E-state index contributed by atoms with van der Waals surface area (Å²) >= 11 is 0. The molecule has 1 heterocycles. The number of nitrogens with zero attached hydrogens (tertiary/aromatic N) is 2. The Hall–Kier alpha value is -0.170. The largest absolute Gasteiger partial charge is 0.325 e. The Bertz CT molecular complexity index is 300. The van der Waals surface area contributed by atoms with E-state index in [1.165, 1.54) is 0 Å². The molecular weight excluding hydrogens is 214 g/mol. The van der Waals surface area contributed by atoms with E-state index in [9.17, 15) is 8.42 Å². The van der Waals surface area contributed by atoms with Crippen molar-refractivity contribution < 1.29 is 8.42 Å². The van der Waals surface area contributed by atoms with E-state index in [1.54, 1.807) is 18.2 Å². The maximum absolute atomic E-state index is 11.9. The summed E-state index contributed by atoms with van der Waals surface area (Å²) in [5.74, 6) is 0.0176. The second-order valence-electron chi connectivity index (χ2n) is 4.95. The van der Waals surface area contributed by atoms with Gasteiger partial charge in [-0.2, -0.15) is 4.31 Å². The van der Waals surface area contributed by atoms with Gasteiger partial charge in [0, 0.05) is 31.7 Å². The molecule has 5 nitrogen and oxygen atoms in total. The van der Waals surface area contributed by atoms with Gasteiger partial charge in [-0.15, -0.1) is 0 Å². The lowest BCUT2D eigenvalue weighted by atomic mass is 10.1. The van der Waals surface area contributed by atoms with E-state index in [2.05, 4.69) is 4.90 Å². The monoisotopic (exact) mass is 235 g/mol. The number of hydrogen-bond acceptors (Lipinski definition) is 4. The third kappa shape index (κ3) is 4.06. The van der Waals surface area contributed by atoms with E-state index in [4.69, 9.17) is 5.73 Å². The number of rotatable bonds is 3. The summed E-state index contributed by atoms with van der Waals surface area (Å²) in [5, 5.41) is 0. The van der Waals surface area contributed by atoms with Crippen LogP contribution in [0.4, 0.5) is 0 Å². The molecule has 1 rings (SSSR count). The smallest absolute Gasteiger partial charge is 0.215 e. The lowest BCUT2D eigenvalue weighted by molar-refractivity contribution is 0.221. The van der Waals surface area contributed by atoms with Gasteiger partial charge in [0.25, 0.3) is 0 Å².